The number of aromatic nitrogens is 2. The van der Waals surface area contributed by atoms with E-state index in [2.05, 4.69) is 4.98 Å². The van der Waals surface area contributed by atoms with Crippen LogP contribution >= 0.6 is 0 Å². The van der Waals surface area contributed by atoms with E-state index in [1.165, 1.54) is 6.07 Å². The minimum Gasteiger partial charge on any atom is -0.341 e. The summed E-state index contributed by atoms with van der Waals surface area (Å²) in [7, 11) is 0. The van der Waals surface area contributed by atoms with Gasteiger partial charge < -0.3 is 4.57 Å². The molecule has 0 amide bonds. The highest BCUT2D eigenvalue weighted by molar-refractivity contribution is 5.82. The molecule has 0 spiro atoms. The van der Waals surface area contributed by atoms with Crippen molar-refractivity contribution in [3.05, 3.63) is 70.7 Å². The minimum atomic E-state index is -0.379. The normalized spacial score (nSPS) is 10.7. The first-order chi connectivity index (χ1) is 9.24. The third kappa shape index (κ3) is 2.18. The molecule has 1 aromatic carbocycles. The summed E-state index contributed by atoms with van der Waals surface area (Å²) in [5.41, 5.74) is 2.04. The fourth-order valence-corrected chi connectivity index (χ4v) is 2.11. The van der Waals surface area contributed by atoms with Crippen molar-refractivity contribution in [1.29, 1.82) is 0 Å². The van der Waals surface area contributed by atoms with Crippen LogP contribution in [0, 0.1) is 10.1 Å². The van der Waals surface area contributed by atoms with Gasteiger partial charge in [0.05, 0.1) is 17.2 Å². The lowest BCUT2D eigenvalue weighted by molar-refractivity contribution is -0.384. The maximum absolute atomic E-state index is 10.7. The smallest absolute Gasteiger partial charge is 0.270 e. The highest BCUT2D eigenvalue weighted by Crippen LogP contribution is 2.22. The van der Waals surface area contributed by atoms with E-state index >= 15 is 0 Å². The Morgan fingerprint density at radius 2 is 2.11 bits per heavy atom. The molecule has 0 saturated heterocycles. The van der Waals surface area contributed by atoms with Gasteiger partial charge in [-0.15, -0.1) is 0 Å². The number of rotatable bonds is 3. The molecule has 0 saturated carbocycles. The summed E-state index contributed by atoms with van der Waals surface area (Å²) < 4.78 is 2.03. The van der Waals surface area contributed by atoms with Crippen molar-refractivity contribution in [3.8, 4) is 0 Å². The van der Waals surface area contributed by atoms with Gasteiger partial charge in [-0.2, -0.15) is 0 Å². The summed E-state index contributed by atoms with van der Waals surface area (Å²) in [5, 5.41) is 11.6. The van der Waals surface area contributed by atoms with Crippen molar-refractivity contribution < 1.29 is 4.92 Å². The zero-order valence-corrected chi connectivity index (χ0v) is 10.1. The number of non-ortho nitro benzene ring substituents is 1. The minimum absolute atomic E-state index is 0.114. The van der Waals surface area contributed by atoms with Gasteiger partial charge in [-0.25, -0.2) is 0 Å². The Morgan fingerprint density at radius 1 is 1.21 bits per heavy atom. The van der Waals surface area contributed by atoms with Crippen molar-refractivity contribution in [2.75, 3.05) is 0 Å². The van der Waals surface area contributed by atoms with E-state index in [0.29, 0.717) is 6.54 Å². The van der Waals surface area contributed by atoms with E-state index in [1.54, 1.807) is 18.3 Å². The molecule has 3 rings (SSSR count). The highest BCUT2D eigenvalue weighted by atomic mass is 16.6. The van der Waals surface area contributed by atoms with Gasteiger partial charge in [-0.3, -0.25) is 15.1 Å². The fraction of sp³-hybridized carbons (Fsp3) is 0.0714. The van der Waals surface area contributed by atoms with Crippen LogP contribution in [-0.4, -0.2) is 14.5 Å². The second-order valence-electron chi connectivity index (χ2n) is 4.26. The number of nitrogens with zero attached hydrogens (tertiary/aromatic N) is 3. The van der Waals surface area contributed by atoms with E-state index in [1.807, 2.05) is 35.0 Å². The van der Waals surface area contributed by atoms with Crippen molar-refractivity contribution in [1.82, 2.24) is 9.55 Å². The monoisotopic (exact) mass is 253 g/mol. The summed E-state index contributed by atoms with van der Waals surface area (Å²) in [6.07, 6.45) is 3.68. The highest BCUT2D eigenvalue weighted by Gasteiger charge is 2.08. The Balaban J connectivity index is 1.99. The molecular weight excluding hydrogens is 242 g/mol. The Morgan fingerprint density at radius 3 is 2.84 bits per heavy atom. The number of hydrogen-bond donors (Lipinski definition) is 0. The lowest BCUT2D eigenvalue weighted by Gasteiger charge is -2.04. The summed E-state index contributed by atoms with van der Waals surface area (Å²) in [5.74, 6) is 0. The number of hydrogen-bond acceptors (Lipinski definition) is 3. The maximum Gasteiger partial charge on any atom is 0.270 e. The molecular formula is C14H11N3O2. The first-order valence-electron chi connectivity index (χ1n) is 5.87. The maximum atomic E-state index is 10.7. The lowest BCUT2D eigenvalue weighted by Crippen LogP contribution is -1.99. The summed E-state index contributed by atoms with van der Waals surface area (Å²) in [6, 6.07) is 12.5. The van der Waals surface area contributed by atoms with Crippen molar-refractivity contribution in [3.63, 3.8) is 0 Å². The van der Waals surface area contributed by atoms with Crippen LogP contribution in [0.1, 0.15) is 5.69 Å². The fourth-order valence-electron chi connectivity index (χ4n) is 2.11. The molecule has 3 aromatic rings. The van der Waals surface area contributed by atoms with Crippen LogP contribution in [0.5, 0.6) is 0 Å². The van der Waals surface area contributed by atoms with Gasteiger partial charge in [0, 0.05) is 35.4 Å². The van der Waals surface area contributed by atoms with Crippen LogP contribution in [0.2, 0.25) is 0 Å². The zero-order valence-electron chi connectivity index (χ0n) is 10.1. The number of nitro benzene ring substituents is 1. The number of fused-ring (bicyclic) bond motifs is 1. The van der Waals surface area contributed by atoms with E-state index < -0.39 is 0 Å². The van der Waals surface area contributed by atoms with Crippen LogP contribution in [-0.2, 0) is 6.54 Å². The molecule has 0 bridgehead atoms. The summed E-state index contributed by atoms with van der Waals surface area (Å²) >= 11 is 0. The molecule has 0 aliphatic carbocycles. The van der Waals surface area contributed by atoms with Crippen molar-refractivity contribution >= 4 is 16.6 Å². The van der Waals surface area contributed by atoms with Crippen LogP contribution in [0.15, 0.2) is 54.9 Å². The van der Waals surface area contributed by atoms with E-state index in [9.17, 15) is 10.1 Å². The number of nitro groups is 1. The predicted molar refractivity (Wildman–Crippen MR) is 71.9 cm³/mol. The molecule has 94 valence electrons. The van der Waals surface area contributed by atoms with Gasteiger partial charge in [0.15, 0.2) is 0 Å². The molecule has 0 unspecified atom stereocenters. The van der Waals surface area contributed by atoms with Gasteiger partial charge in [0.2, 0.25) is 0 Å². The molecule has 2 heterocycles. The van der Waals surface area contributed by atoms with Crippen LogP contribution in [0.3, 0.4) is 0 Å². The third-order valence-electron chi connectivity index (χ3n) is 3.02. The third-order valence-corrected chi connectivity index (χ3v) is 3.02. The van der Waals surface area contributed by atoms with E-state index in [4.69, 9.17) is 0 Å². The topological polar surface area (TPSA) is 61.0 Å². The van der Waals surface area contributed by atoms with E-state index in [-0.39, 0.29) is 10.6 Å². The number of pyridine rings is 1. The number of benzene rings is 1. The lowest BCUT2D eigenvalue weighted by atomic mass is 10.2. The Hall–Kier alpha value is -2.69. The molecule has 5 nitrogen and oxygen atoms in total. The van der Waals surface area contributed by atoms with Gasteiger partial charge in [-0.1, -0.05) is 6.07 Å². The molecule has 0 aliphatic heterocycles. The molecule has 0 radical (unpaired) electrons. The van der Waals surface area contributed by atoms with Gasteiger partial charge in [-0.05, 0) is 24.3 Å². The average molecular weight is 253 g/mol. The van der Waals surface area contributed by atoms with Crippen LogP contribution in [0.25, 0.3) is 10.9 Å². The first kappa shape index (κ1) is 11.4. The Bertz CT molecular complexity index is 735. The predicted octanol–water partition coefficient (Wildman–Crippen LogP) is 2.99. The Labute approximate surface area is 109 Å². The van der Waals surface area contributed by atoms with Crippen molar-refractivity contribution in [2.45, 2.75) is 6.54 Å². The standard InChI is InChI=1S/C14H11N3O2/c18-17(19)13-4-5-14-11(9-13)6-8-16(14)10-12-3-1-2-7-15-12/h1-9H,10H2. The van der Waals surface area contributed by atoms with Gasteiger partial charge >= 0.3 is 0 Å². The molecule has 0 fully saturated rings. The largest absolute Gasteiger partial charge is 0.341 e. The molecule has 19 heavy (non-hydrogen) atoms. The quantitative estimate of drug-likeness (QED) is 0.532. The van der Waals surface area contributed by atoms with Crippen LogP contribution in [0.4, 0.5) is 5.69 Å². The summed E-state index contributed by atoms with van der Waals surface area (Å²) in [4.78, 5) is 14.6. The molecule has 0 aliphatic rings. The van der Waals surface area contributed by atoms with Crippen molar-refractivity contribution in [2.24, 2.45) is 0 Å². The molecule has 0 N–H and O–H groups in total. The van der Waals surface area contributed by atoms with Gasteiger partial charge in [0.25, 0.3) is 5.69 Å². The molecule has 5 heteroatoms. The summed E-state index contributed by atoms with van der Waals surface area (Å²) in [6.45, 7) is 0.655. The molecule has 0 atom stereocenters. The Kier molecular flexibility index (Phi) is 2.72. The second-order valence-corrected chi connectivity index (χ2v) is 4.26. The SMILES string of the molecule is O=[N+]([O-])c1ccc2c(ccn2Cc2ccccn2)c1. The first-order valence-corrected chi connectivity index (χ1v) is 5.87. The second kappa shape index (κ2) is 4.53. The zero-order chi connectivity index (χ0) is 13.2. The average Bonchev–Trinajstić information content (AvgIpc) is 2.82. The van der Waals surface area contributed by atoms with E-state index in [0.717, 1.165) is 16.6 Å². The van der Waals surface area contributed by atoms with Gasteiger partial charge in [0.1, 0.15) is 0 Å². The van der Waals surface area contributed by atoms with Crippen LogP contribution < -0.4 is 0 Å². The molecule has 2 aromatic heterocycles.